The van der Waals surface area contributed by atoms with E-state index < -0.39 is 6.43 Å². The van der Waals surface area contributed by atoms with E-state index in [9.17, 15) is 8.78 Å². The van der Waals surface area contributed by atoms with Crippen molar-refractivity contribution in [1.82, 2.24) is 0 Å². The highest BCUT2D eigenvalue weighted by Crippen LogP contribution is 2.64. The Bertz CT molecular complexity index is 940. The molecule has 3 aliphatic rings. The summed E-state index contributed by atoms with van der Waals surface area (Å²) in [7, 11) is 0. The molecule has 0 unspecified atom stereocenters. The first-order valence-electron chi connectivity index (χ1n) is 12.6. The van der Waals surface area contributed by atoms with E-state index in [-0.39, 0.29) is 17.8 Å². The molecule has 172 valence electrons. The van der Waals surface area contributed by atoms with Crippen molar-refractivity contribution in [3.05, 3.63) is 64.7 Å². The van der Waals surface area contributed by atoms with Crippen molar-refractivity contribution < 1.29 is 13.5 Å². The number of benzene rings is 2. The van der Waals surface area contributed by atoms with Crippen LogP contribution in [-0.2, 0) is 19.4 Å². The first-order valence-corrected chi connectivity index (χ1v) is 12.6. The molecule has 2 aromatic rings. The number of hydrogen-bond donors (Lipinski definition) is 0. The van der Waals surface area contributed by atoms with Gasteiger partial charge in [0, 0.05) is 6.42 Å². The molecule has 0 radical (unpaired) electrons. The summed E-state index contributed by atoms with van der Waals surface area (Å²) in [6, 6.07) is 15.1. The van der Waals surface area contributed by atoms with Gasteiger partial charge >= 0.3 is 0 Å². The van der Waals surface area contributed by atoms with Gasteiger partial charge < -0.3 is 4.74 Å². The Morgan fingerprint density at radius 2 is 1.88 bits per heavy atom. The third kappa shape index (κ3) is 3.86. The van der Waals surface area contributed by atoms with Gasteiger partial charge in [-0.05, 0) is 102 Å². The summed E-state index contributed by atoms with van der Waals surface area (Å²) in [5.41, 5.74) is 5.59. The van der Waals surface area contributed by atoms with E-state index in [0.717, 1.165) is 44.3 Å². The van der Waals surface area contributed by atoms with Crippen LogP contribution < -0.4 is 4.74 Å². The Kier molecular flexibility index (Phi) is 6.03. The molecule has 0 aromatic heterocycles. The summed E-state index contributed by atoms with van der Waals surface area (Å²) in [6.07, 6.45) is 5.58. The van der Waals surface area contributed by atoms with Crippen LogP contribution in [0.3, 0.4) is 0 Å². The molecule has 2 fully saturated rings. The van der Waals surface area contributed by atoms with E-state index in [2.05, 4.69) is 50.2 Å². The second kappa shape index (κ2) is 8.80. The van der Waals surface area contributed by atoms with Crippen molar-refractivity contribution >= 4 is 0 Å². The summed E-state index contributed by atoms with van der Waals surface area (Å²) in [5, 5.41) is 0. The maximum atomic E-state index is 13.2. The predicted molar refractivity (Wildman–Crippen MR) is 125 cm³/mol. The number of hydrogen-bond acceptors (Lipinski definition) is 1. The van der Waals surface area contributed by atoms with Crippen molar-refractivity contribution in [2.24, 2.45) is 23.2 Å². The van der Waals surface area contributed by atoms with Gasteiger partial charge in [-0.2, -0.15) is 0 Å². The van der Waals surface area contributed by atoms with Crippen LogP contribution in [0, 0.1) is 23.2 Å². The Balaban J connectivity index is 1.38. The largest absolute Gasteiger partial charge is 0.489 e. The molecule has 5 rings (SSSR count). The normalized spacial score (nSPS) is 31.2. The van der Waals surface area contributed by atoms with Gasteiger partial charge in [0.25, 0.3) is 0 Å². The molecule has 3 heteroatoms. The first kappa shape index (κ1) is 21.9. The van der Waals surface area contributed by atoms with Crippen LogP contribution in [0.1, 0.15) is 80.5 Å². The molecule has 32 heavy (non-hydrogen) atoms. The second-order valence-corrected chi connectivity index (χ2v) is 10.6. The second-order valence-electron chi connectivity index (χ2n) is 10.6. The van der Waals surface area contributed by atoms with Crippen LogP contribution in [0.5, 0.6) is 5.75 Å². The zero-order valence-corrected chi connectivity index (χ0v) is 19.5. The lowest BCUT2D eigenvalue weighted by Gasteiger charge is -2.51. The van der Waals surface area contributed by atoms with Crippen molar-refractivity contribution in [3.63, 3.8) is 0 Å². The number of rotatable bonds is 6. The zero-order chi connectivity index (χ0) is 22.3. The summed E-state index contributed by atoms with van der Waals surface area (Å²) in [5.74, 6) is 3.10. The fourth-order valence-electron chi connectivity index (χ4n) is 7.50. The molecule has 0 bridgehead atoms. The van der Waals surface area contributed by atoms with Crippen molar-refractivity contribution in [1.29, 1.82) is 0 Å². The van der Waals surface area contributed by atoms with E-state index in [0.29, 0.717) is 24.4 Å². The minimum Gasteiger partial charge on any atom is -0.489 e. The molecule has 3 aliphatic carbocycles. The van der Waals surface area contributed by atoms with E-state index in [1.807, 2.05) is 6.07 Å². The third-order valence-corrected chi connectivity index (χ3v) is 9.18. The molecule has 0 heterocycles. The molecular formula is C29H36F2O. The topological polar surface area (TPSA) is 9.23 Å². The summed E-state index contributed by atoms with van der Waals surface area (Å²) in [4.78, 5) is 0. The van der Waals surface area contributed by atoms with Gasteiger partial charge in [0.1, 0.15) is 12.4 Å². The highest BCUT2D eigenvalue weighted by Gasteiger charge is 2.54. The quantitative estimate of drug-likeness (QED) is 0.444. The van der Waals surface area contributed by atoms with Crippen molar-refractivity contribution in [3.8, 4) is 5.75 Å². The van der Waals surface area contributed by atoms with E-state index in [1.165, 1.54) is 28.7 Å². The standard InChI is InChI=1S/C29H36F2O/c1-3-20-15-25-21(16-27(20)32-18-19-7-5-4-6-8-19)9-11-24-23(25)13-14-29(2)22(17-28(30)31)10-12-26(24)29/h4-8,15-16,22-24,26,28H,3,9-14,17-18H2,1-2H3/t22-,23+,24-,26+,29-/m1/s1. The van der Waals surface area contributed by atoms with Gasteiger partial charge in [-0.25, -0.2) is 8.78 Å². The van der Waals surface area contributed by atoms with Gasteiger partial charge in [-0.1, -0.05) is 50.2 Å². The van der Waals surface area contributed by atoms with Gasteiger partial charge in [-0.3, -0.25) is 0 Å². The minimum atomic E-state index is -2.17. The molecule has 5 atom stereocenters. The Morgan fingerprint density at radius 1 is 1.06 bits per heavy atom. The molecule has 2 saturated carbocycles. The van der Waals surface area contributed by atoms with E-state index in [4.69, 9.17) is 4.74 Å². The average Bonchev–Trinajstić information content (AvgIpc) is 3.13. The summed E-state index contributed by atoms with van der Waals surface area (Å²) < 4.78 is 32.7. The van der Waals surface area contributed by atoms with Crippen molar-refractivity contribution in [2.75, 3.05) is 0 Å². The van der Waals surface area contributed by atoms with E-state index in [1.54, 1.807) is 0 Å². The Labute approximate surface area is 191 Å². The lowest BCUT2D eigenvalue weighted by molar-refractivity contribution is 0.00353. The Morgan fingerprint density at radius 3 is 2.62 bits per heavy atom. The SMILES string of the molecule is CCc1cc2c(cc1OCc1ccccc1)CC[C@@H]1[C@@H]2CC[C@]2(C)[C@@H](CC(F)F)CC[C@@H]12. The molecule has 1 nitrogen and oxygen atoms in total. The summed E-state index contributed by atoms with van der Waals surface area (Å²) >= 11 is 0. The number of aryl methyl sites for hydroxylation is 2. The highest BCUT2D eigenvalue weighted by molar-refractivity contribution is 5.46. The minimum absolute atomic E-state index is 0.100. The predicted octanol–water partition coefficient (Wildman–Crippen LogP) is 7.96. The first-order chi connectivity index (χ1) is 15.5. The van der Waals surface area contributed by atoms with Crippen LogP contribution in [-0.4, -0.2) is 6.43 Å². The number of fused-ring (bicyclic) bond motifs is 5. The lowest BCUT2D eigenvalue weighted by Crippen LogP contribution is -2.42. The van der Waals surface area contributed by atoms with Gasteiger partial charge in [0.2, 0.25) is 6.43 Å². The molecule has 0 amide bonds. The van der Waals surface area contributed by atoms with Gasteiger partial charge in [-0.15, -0.1) is 0 Å². The van der Waals surface area contributed by atoms with Crippen LogP contribution in [0.2, 0.25) is 0 Å². The van der Waals surface area contributed by atoms with Crippen LogP contribution >= 0.6 is 0 Å². The van der Waals surface area contributed by atoms with Crippen molar-refractivity contribution in [2.45, 2.75) is 84.2 Å². The fraction of sp³-hybridized carbons (Fsp3) is 0.586. The number of ether oxygens (including phenoxy) is 1. The molecular weight excluding hydrogens is 402 g/mol. The Hall–Kier alpha value is -1.90. The summed E-state index contributed by atoms with van der Waals surface area (Å²) in [6.45, 7) is 5.15. The van der Waals surface area contributed by atoms with E-state index >= 15 is 0 Å². The average molecular weight is 439 g/mol. The lowest BCUT2D eigenvalue weighted by atomic mass is 9.54. The molecule has 0 N–H and O–H groups in total. The smallest absolute Gasteiger partial charge is 0.238 e. The van der Waals surface area contributed by atoms with Gasteiger partial charge in [0.15, 0.2) is 0 Å². The monoisotopic (exact) mass is 438 g/mol. The zero-order valence-electron chi connectivity index (χ0n) is 19.5. The highest BCUT2D eigenvalue weighted by atomic mass is 19.3. The molecule has 2 aromatic carbocycles. The van der Waals surface area contributed by atoms with Crippen LogP contribution in [0.15, 0.2) is 42.5 Å². The maximum Gasteiger partial charge on any atom is 0.238 e. The third-order valence-electron chi connectivity index (χ3n) is 9.18. The van der Waals surface area contributed by atoms with Gasteiger partial charge in [0.05, 0.1) is 0 Å². The number of halogens is 2. The van der Waals surface area contributed by atoms with Crippen LogP contribution in [0.25, 0.3) is 0 Å². The number of alkyl halides is 2. The molecule has 0 aliphatic heterocycles. The fourth-order valence-corrected chi connectivity index (χ4v) is 7.50. The molecule has 0 saturated heterocycles. The molecule has 0 spiro atoms. The maximum absolute atomic E-state index is 13.2. The van der Waals surface area contributed by atoms with Crippen LogP contribution in [0.4, 0.5) is 8.78 Å².